The zero-order chi connectivity index (χ0) is 10.5. The van der Waals surface area contributed by atoms with Crippen LogP contribution in [-0.4, -0.2) is 17.5 Å². The van der Waals surface area contributed by atoms with Crippen molar-refractivity contribution >= 4 is 5.91 Å². The maximum absolute atomic E-state index is 11.0. The second-order valence-corrected chi connectivity index (χ2v) is 4.03. The first-order valence-electron chi connectivity index (χ1n) is 5.01. The SMILES string of the molecule is CCCC(CC)NC(C)(C)C(N)=O. The highest BCUT2D eigenvalue weighted by Crippen LogP contribution is 2.08. The second kappa shape index (κ2) is 5.22. The highest BCUT2D eigenvalue weighted by molar-refractivity contribution is 5.83. The van der Waals surface area contributed by atoms with E-state index < -0.39 is 5.54 Å². The summed E-state index contributed by atoms with van der Waals surface area (Å²) in [6.07, 6.45) is 3.25. The predicted molar refractivity (Wildman–Crippen MR) is 55.4 cm³/mol. The molecule has 0 spiro atoms. The van der Waals surface area contributed by atoms with Crippen LogP contribution in [0.1, 0.15) is 47.0 Å². The molecule has 0 rings (SSSR count). The van der Waals surface area contributed by atoms with Crippen molar-refractivity contribution in [2.45, 2.75) is 58.5 Å². The van der Waals surface area contributed by atoms with Crippen molar-refractivity contribution < 1.29 is 4.79 Å². The van der Waals surface area contributed by atoms with Crippen LogP contribution < -0.4 is 11.1 Å². The molecule has 13 heavy (non-hydrogen) atoms. The molecular weight excluding hydrogens is 164 g/mol. The van der Waals surface area contributed by atoms with Gasteiger partial charge < -0.3 is 11.1 Å². The van der Waals surface area contributed by atoms with Crippen LogP contribution in [0, 0.1) is 0 Å². The van der Waals surface area contributed by atoms with Gasteiger partial charge in [-0.3, -0.25) is 4.79 Å². The Hall–Kier alpha value is -0.570. The standard InChI is InChI=1S/C10H22N2O/c1-5-7-8(6-2)12-10(3,4)9(11)13/h8,12H,5-7H2,1-4H3,(H2,11,13). The van der Waals surface area contributed by atoms with Gasteiger partial charge in [-0.25, -0.2) is 0 Å². The zero-order valence-electron chi connectivity index (χ0n) is 9.18. The van der Waals surface area contributed by atoms with Crippen molar-refractivity contribution in [3.05, 3.63) is 0 Å². The van der Waals surface area contributed by atoms with Crippen LogP contribution in [0.5, 0.6) is 0 Å². The predicted octanol–water partition coefficient (Wildman–Crippen LogP) is 1.42. The lowest BCUT2D eigenvalue weighted by atomic mass is 10.0. The molecule has 0 bridgehead atoms. The van der Waals surface area contributed by atoms with Crippen LogP contribution in [-0.2, 0) is 4.79 Å². The van der Waals surface area contributed by atoms with E-state index in [-0.39, 0.29) is 5.91 Å². The summed E-state index contributed by atoms with van der Waals surface area (Å²) in [6.45, 7) is 7.91. The molecule has 0 aromatic carbocycles. The monoisotopic (exact) mass is 186 g/mol. The van der Waals surface area contributed by atoms with Crippen molar-refractivity contribution in [3.8, 4) is 0 Å². The molecule has 0 saturated heterocycles. The fourth-order valence-corrected chi connectivity index (χ4v) is 1.31. The first kappa shape index (κ1) is 12.4. The summed E-state index contributed by atoms with van der Waals surface area (Å²) in [5, 5.41) is 3.27. The topological polar surface area (TPSA) is 55.1 Å². The molecule has 3 N–H and O–H groups in total. The van der Waals surface area contributed by atoms with Crippen molar-refractivity contribution in [1.29, 1.82) is 0 Å². The largest absolute Gasteiger partial charge is 0.368 e. The van der Waals surface area contributed by atoms with Crippen molar-refractivity contribution in [2.75, 3.05) is 0 Å². The molecule has 1 unspecified atom stereocenters. The molecule has 3 nitrogen and oxygen atoms in total. The fourth-order valence-electron chi connectivity index (χ4n) is 1.31. The van der Waals surface area contributed by atoms with Gasteiger partial charge >= 0.3 is 0 Å². The number of carbonyl (C=O) groups is 1. The lowest BCUT2D eigenvalue weighted by molar-refractivity contribution is -0.123. The number of carbonyl (C=O) groups excluding carboxylic acids is 1. The Balaban J connectivity index is 4.13. The minimum absolute atomic E-state index is 0.290. The number of rotatable bonds is 6. The van der Waals surface area contributed by atoms with E-state index in [1.165, 1.54) is 0 Å². The molecule has 0 saturated carbocycles. The number of nitrogens with two attached hydrogens (primary N) is 1. The Kier molecular flexibility index (Phi) is 4.99. The van der Waals surface area contributed by atoms with E-state index in [4.69, 9.17) is 5.73 Å². The van der Waals surface area contributed by atoms with E-state index in [0.29, 0.717) is 6.04 Å². The highest BCUT2D eigenvalue weighted by Gasteiger charge is 2.26. The van der Waals surface area contributed by atoms with E-state index in [9.17, 15) is 4.79 Å². The molecule has 0 aliphatic heterocycles. The third-order valence-electron chi connectivity index (χ3n) is 2.31. The number of amides is 1. The molecule has 0 aromatic rings. The van der Waals surface area contributed by atoms with Crippen LogP contribution in [0.3, 0.4) is 0 Å². The lowest BCUT2D eigenvalue weighted by Crippen LogP contribution is -2.54. The van der Waals surface area contributed by atoms with Gasteiger partial charge in [0.15, 0.2) is 0 Å². The maximum Gasteiger partial charge on any atom is 0.237 e. The third-order valence-corrected chi connectivity index (χ3v) is 2.31. The number of hydrogen-bond donors (Lipinski definition) is 2. The average Bonchev–Trinajstić information content (AvgIpc) is 2.03. The van der Waals surface area contributed by atoms with Crippen LogP contribution in [0.15, 0.2) is 0 Å². The first-order chi connectivity index (χ1) is 5.94. The quantitative estimate of drug-likeness (QED) is 0.659. The van der Waals surface area contributed by atoms with Gasteiger partial charge in [-0.2, -0.15) is 0 Å². The second-order valence-electron chi connectivity index (χ2n) is 4.03. The molecule has 3 heteroatoms. The lowest BCUT2D eigenvalue weighted by Gasteiger charge is -2.28. The fraction of sp³-hybridized carbons (Fsp3) is 0.900. The number of primary amides is 1. The van der Waals surface area contributed by atoms with E-state index in [0.717, 1.165) is 19.3 Å². The van der Waals surface area contributed by atoms with Gasteiger partial charge in [-0.1, -0.05) is 20.3 Å². The van der Waals surface area contributed by atoms with Crippen molar-refractivity contribution in [1.82, 2.24) is 5.32 Å². The Labute approximate surface area is 81.1 Å². The molecule has 1 atom stereocenters. The van der Waals surface area contributed by atoms with E-state index in [2.05, 4.69) is 19.2 Å². The summed E-state index contributed by atoms with van der Waals surface area (Å²) in [4.78, 5) is 11.0. The van der Waals surface area contributed by atoms with E-state index >= 15 is 0 Å². The molecule has 1 amide bonds. The normalized spacial score (nSPS) is 14.2. The van der Waals surface area contributed by atoms with Gasteiger partial charge in [0, 0.05) is 6.04 Å². The summed E-state index contributed by atoms with van der Waals surface area (Å²) >= 11 is 0. The summed E-state index contributed by atoms with van der Waals surface area (Å²) in [6, 6.07) is 0.396. The van der Waals surface area contributed by atoms with Gasteiger partial charge in [0.2, 0.25) is 5.91 Å². The minimum atomic E-state index is -0.587. The Bertz CT molecular complexity index is 166. The Morgan fingerprint density at radius 1 is 1.46 bits per heavy atom. The van der Waals surface area contributed by atoms with Crippen LogP contribution in [0.2, 0.25) is 0 Å². The summed E-state index contributed by atoms with van der Waals surface area (Å²) < 4.78 is 0. The van der Waals surface area contributed by atoms with Crippen molar-refractivity contribution in [3.63, 3.8) is 0 Å². The summed E-state index contributed by atoms with van der Waals surface area (Å²) in [7, 11) is 0. The smallest absolute Gasteiger partial charge is 0.237 e. The molecule has 0 fully saturated rings. The molecule has 0 radical (unpaired) electrons. The average molecular weight is 186 g/mol. The van der Waals surface area contributed by atoms with Crippen molar-refractivity contribution in [2.24, 2.45) is 5.73 Å². The van der Waals surface area contributed by atoms with Crippen LogP contribution in [0.4, 0.5) is 0 Å². The van der Waals surface area contributed by atoms with E-state index in [1.807, 2.05) is 13.8 Å². The Morgan fingerprint density at radius 3 is 2.31 bits per heavy atom. The van der Waals surface area contributed by atoms with E-state index in [1.54, 1.807) is 0 Å². The van der Waals surface area contributed by atoms with Crippen LogP contribution >= 0.6 is 0 Å². The van der Waals surface area contributed by atoms with Gasteiger partial charge in [-0.05, 0) is 26.7 Å². The molecular formula is C10H22N2O. The Morgan fingerprint density at radius 2 is 2.00 bits per heavy atom. The van der Waals surface area contributed by atoms with Gasteiger partial charge in [0.1, 0.15) is 0 Å². The maximum atomic E-state index is 11.0. The van der Waals surface area contributed by atoms with Crippen LogP contribution in [0.25, 0.3) is 0 Å². The van der Waals surface area contributed by atoms with Gasteiger partial charge in [-0.15, -0.1) is 0 Å². The minimum Gasteiger partial charge on any atom is -0.368 e. The summed E-state index contributed by atoms with van der Waals surface area (Å²) in [5.74, 6) is -0.290. The summed E-state index contributed by atoms with van der Waals surface area (Å²) in [5.41, 5.74) is 4.68. The molecule has 0 heterocycles. The first-order valence-corrected chi connectivity index (χ1v) is 5.01. The molecule has 0 aromatic heterocycles. The highest BCUT2D eigenvalue weighted by atomic mass is 16.1. The van der Waals surface area contributed by atoms with Gasteiger partial charge in [0.25, 0.3) is 0 Å². The van der Waals surface area contributed by atoms with Gasteiger partial charge in [0.05, 0.1) is 5.54 Å². The number of hydrogen-bond acceptors (Lipinski definition) is 2. The molecule has 0 aliphatic carbocycles. The molecule has 0 aliphatic rings. The zero-order valence-corrected chi connectivity index (χ0v) is 9.18. The third kappa shape index (κ3) is 4.27. The number of nitrogens with one attached hydrogen (secondary N) is 1. The molecule has 78 valence electrons.